The quantitative estimate of drug-likeness (QED) is 0.284. The van der Waals surface area contributed by atoms with E-state index in [-0.39, 0.29) is 6.61 Å². The molecule has 6 nitrogen and oxygen atoms in total. The van der Waals surface area contributed by atoms with Crippen molar-refractivity contribution in [3.05, 3.63) is 77.3 Å². The number of para-hydroxylation sites is 2. The van der Waals surface area contributed by atoms with Crippen LogP contribution in [0.1, 0.15) is 18.7 Å². The van der Waals surface area contributed by atoms with Gasteiger partial charge in [0.05, 0.1) is 28.4 Å². The highest BCUT2D eigenvalue weighted by molar-refractivity contribution is 6.35. The number of pyridine rings is 1. The number of hydrogen-bond donors (Lipinski definition) is 3. The predicted octanol–water partition coefficient (Wildman–Crippen LogP) is 5.71. The highest BCUT2D eigenvalue weighted by atomic mass is 35.5. The van der Waals surface area contributed by atoms with Crippen LogP contribution in [0, 0.1) is 0 Å². The largest absolute Gasteiger partial charge is 0.450 e. The van der Waals surface area contributed by atoms with Gasteiger partial charge in [-0.2, -0.15) is 0 Å². The number of aromatic nitrogens is 1. The van der Waals surface area contributed by atoms with Crippen LogP contribution in [0.2, 0.25) is 5.02 Å². The van der Waals surface area contributed by atoms with E-state index in [1.54, 1.807) is 37.3 Å². The van der Waals surface area contributed by atoms with Gasteiger partial charge in [-0.05, 0) is 31.2 Å². The molecule has 0 radical (unpaired) electrons. The molecule has 7 heteroatoms. The lowest BCUT2D eigenvalue weighted by Crippen LogP contribution is -2.14. The van der Waals surface area contributed by atoms with Crippen LogP contribution in [0.4, 0.5) is 16.2 Å². The molecule has 1 aromatic heterocycles. The molecule has 30 heavy (non-hydrogen) atoms. The number of hydrogen-bond acceptors (Lipinski definition) is 5. The lowest BCUT2D eigenvalue weighted by atomic mass is 10.1. The Kier molecular flexibility index (Phi) is 5.70. The summed E-state index contributed by atoms with van der Waals surface area (Å²) in [6.45, 7) is 2.01. The van der Waals surface area contributed by atoms with Gasteiger partial charge in [-0.15, -0.1) is 0 Å². The second kappa shape index (κ2) is 8.57. The molecule has 0 aliphatic heterocycles. The smallest absolute Gasteiger partial charge is 0.411 e. The summed E-state index contributed by atoms with van der Waals surface area (Å²) in [5.74, 6) is 0. The molecular weight excluding hydrogens is 402 g/mol. The van der Waals surface area contributed by atoms with E-state index >= 15 is 0 Å². The summed E-state index contributed by atoms with van der Waals surface area (Å²) in [6, 6.07) is 20.2. The second-order valence-corrected chi connectivity index (χ2v) is 7.06. The molecule has 4 rings (SSSR count). The van der Waals surface area contributed by atoms with E-state index in [4.69, 9.17) is 16.3 Å². The number of benzene rings is 3. The van der Waals surface area contributed by atoms with Crippen LogP contribution in [0.15, 0.2) is 66.7 Å². The zero-order valence-corrected chi connectivity index (χ0v) is 17.0. The van der Waals surface area contributed by atoms with E-state index < -0.39 is 12.3 Å². The maximum absolute atomic E-state index is 11.7. The summed E-state index contributed by atoms with van der Waals surface area (Å²) >= 11 is 6.37. The number of amides is 1. The normalized spacial score (nSPS) is 12.0. The van der Waals surface area contributed by atoms with Crippen molar-refractivity contribution in [2.45, 2.75) is 13.2 Å². The first-order valence-electron chi connectivity index (χ1n) is 9.52. The van der Waals surface area contributed by atoms with E-state index in [0.717, 1.165) is 22.0 Å². The first kappa shape index (κ1) is 19.9. The van der Waals surface area contributed by atoms with E-state index in [1.807, 2.05) is 36.4 Å². The molecule has 3 N–H and O–H groups in total. The Morgan fingerprint density at radius 2 is 1.87 bits per heavy atom. The maximum Gasteiger partial charge on any atom is 0.411 e. The third-order valence-electron chi connectivity index (χ3n) is 4.67. The van der Waals surface area contributed by atoms with Gasteiger partial charge in [-0.1, -0.05) is 54.1 Å². The molecule has 1 heterocycles. The topological polar surface area (TPSA) is 83.5 Å². The molecule has 0 aliphatic rings. The monoisotopic (exact) mass is 421 g/mol. The Balaban J connectivity index is 1.72. The Hall–Kier alpha value is -3.35. The molecule has 152 valence electrons. The van der Waals surface area contributed by atoms with Gasteiger partial charge in [-0.3, -0.25) is 5.32 Å². The van der Waals surface area contributed by atoms with Crippen molar-refractivity contribution >= 4 is 50.9 Å². The SMILES string of the molecule is CCOC(=O)Nc1cccc(C(O)Nc2c3ccccc3nc3c(Cl)cccc23)c1. The number of rotatable bonds is 5. The van der Waals surface area contributed by atoms with E-state index in [2.05, 4.69) is 15.6 Å². The van der Waals surface area contributed by atoms with Crippen LogP contribution in [0.5, 0.6) is 0 Å². The molecule has 0 spiro atoms. The summed E-state index contributed by atoms with van der Waals surface area (Å²) in [5.41, 5.74) is 3.27. The van der Waals surface area contributed by atoms with Crippen LogP contribution in [-0.2, 0) is 4.74 Å². The highest BCUT2D eigenvalue weighted by Crippen LogP contribution is 2.35. The molecular formula is C23H20ClN3O3. The van der Waals surface area contributed by atoms with Crippen molar-refractivity contribution < 1.29 is 14.6 Å². The third kappa shape index (κ3) is 4.01. The van der Waals surface area contributed by atoms with Crippen molar-refractivity contribution in [2.24, 2.45) is 0 Å². The van der Waals surface area contributed by atoms with Gasteiger partial charge in [0.1, 0.15) is 0 Å². The second-order valence-electron chi connectivity index (χ2n) is 6.66. The van der Waals surface area contributed by atoms with Crippen LogP contribution < -0.4 is 10.6 Å². The molecule has 1 unspecified atom stereocenters. The minimum atomic E-state index is -1.03. The summed E-state index contributed by atoms with van der Waals surface area (Å²) < 4.78 is 4.90. The molecule has 0 aliphatic carbocycles. The van der Waals surface area contributed by atoms with Crippen LogP contribution in [-0.4, -0.2) is 22.8 Å². The number of ether oxygens (including phenoxy) is 1. The fraction of sp³-hybridized carbons (Fsp3) is 0.130. The molecule has 0 bridgehead atoms. The first-order chi connectivity index (χ1) is 14.6. The molecule has 4 aromatic rings. The fourth-order valence-electron chi connectivity index (χ4n) is 3.33. The number of carbonyl (C=O) groups is 1. The highest BCUT2D eigenvalue weighted by Gasteiger charge is 2.15. The number of carbonyl (C=O) groups excluding carboxylic acids is 1. The molecule has 3 aromatic carbocycles. The zero-order valence-electron chi connectivity index (χ0n) is 16.2. The minimum Gasteiger partial charge on any atom is -0.450 e. The summed E-state index contributed by atoms with van der Waals surface area (Å²) in [5, 5.41) is 19.0. The lowest BCUT2D eigenvalue weighted by Gasteiger charge is -2.19. The average Bonchev–Trinajstić information content (AvgIpc) is 2.74. The average molecular weight is 422 g/mol. The first-order valence-corrected chi connectivity index (χ1v) is 9.90. The Labute approximate surface area is 178 Å². The van der Waals surface area contributed by atoms with Crippen molar-refractivity contribution in [1.82, 2.24) is 4.98 Å². The van der Waals surface area contributed by atoms with E-state index in [9.17, 15) is 9.90 Å². The molecule has 0 saturated carbocycles. The number of anilines is 2. The summed E-state index contributed by atoms with van der Waals surface area (Å²) in [4.78, 5) is 16.3. The number of fused-ring (bicyclic) bond motifs is 2. The van der Waals surface area contributed by atoms with Gasteiger partial charge in [-0.25, -0.2) is 9.78 Å². The zero-order chi connectivity index (χ0) is 21.1. The van der Waals surface area contributed by atoms with Gasteiger partial charge in [0.15, 0.2) is 6.23 Å². The summed E-state index contributed by atoms with van der Waals surface area (Å²) in [7, 11) is 0. The molecule has 1 amide bonds. The van der Waals surface area contributed by atoms with E-state index in [1.165, 1.54) is 0 Å². The van der Waals surface area contributed by atoms with Gasteiger partial charge in [0.2, 0.25) is 0 Å². The van der Waals surface area contributed by atoms with Crippen molar-refractivity contribution in [1.29, 1.82) is 0 Å². The maximum atomic E-state index is 11.7. The van der Waals surface area contributed by atoms with Crippen LogP contribution in [0.3, 0.4) is 0 Å². The number of halogens is 1. The van der Waals surface area contributed by atoms with Gasteiger partial charge < -0.3 is 15.2 Å². The van der Waals surface area contributed by atoms with Gasteiger partial charge in [0, 0.05) is 22.0 Å². The summed E-state index contributed by atoms with van der Waals surface area (Å²) in [6.07, 6.45) is -1.57. The standard InChI is InChI=1S/C23H20ClN3O3/c1-2-30-23(29)25-15-8-5-7-14(13-15)22(28)27-20-16-9-3-4-12-19(16)26-21-17(20)10-6-11-18(21)24/h3-13,22,28H,2H2,1H3,(H,25,29)(H,26,27). The van der Waals surface area contributed by atoms with Crippen LogP contribution >= 0.6 is 11.6 Å². The van der Waals surface area contributed by atoms with Gasteiger partial charge >= 0.3 is 6.09 Å². The Morgan fingerprint density at radius 3 is 2.70 bits per heavy atom. The Morgan fingerprint density at radius 1 is 1.10 bits per heavy atom. The molecule has 0 fully saturated rings. The third-order valence-corrected chi connectivity index (χ3v) is 4.97. The number of nitrogens with zero attached hydrogens (tertiary/aromatic N) is 1. The van der Waals surface area contributed by atoms with Crippen LogP contribution in [0.25, 0.3) is 21.8 Å². The number of aliphatic hydroxyl groups is 1. The van der Waals surface area contributed by atoms with Crippen molar-refractivity contribution in [3.8, 4) is 0 Å². The van der Waals surface area contributed by atoms with Gasteiger partial charge in [0.25, 0.3) is 0 Å². The number of aliphatic hydroxyl groups excluding tert-OH is 1. The predicted molar refractivity (Wildman–Crippen MR) is 120 cm³/mol. The Bertz CT molecular complexity index is 1230. The lowest BCUT2D eigenvalue weighted by molar-refractivity contribution is 0.168. The molecule has 1 atom stereocenters. The van der Waals surface area contributed by atoms with Crippen molar-refractivity contribution in [2.75, 3.05) is 17.2 Å². The van der Waals surface area contributed by atoms with E-state index in [0.29, 0.717) is 21.8 Å². The number of nitrogens with one attached hydrogen (secondary N) is 2. The van der Waals surface area contributed by atoms with Crippen molar-refractivity contribution in [3.63, 3.8) is 0 Å². The molecule has 0 saturated heterocycles. The fourth-order valence-corrected chi connectivity index (χ4v) is 3.54. The minimum absolute atomic E-state index is 0.278.